The van der Waals surface area contributed by atoms with E-state index in [1.54, 1.807) is 0 Å². The number of rotatable bonds is 1. The highest BCUT2D eigenvalue weighted by atomic mass is 16.3. The van der Waals surface area contributed by atoms with Gasteiger partial charge in [-0.1, -0.05) is 30.7 Å². The Morgan fingerprint density at radius 3 is 2.93 bits per heavy atom. The number of nitrogens with two attached hydrogens (primary N) is 1. The molecule has 2 atom stereocenters. The van der Waals surface area contributed by atoms with Gasteiger partial charge in [-0.05, 0) is 30.4 Å². The molecule has 3 N–H and O–H groups in total. The van der Waals surface area contributed by atoms with E-state index < -0.39 is 5.60 Å². The fourth-order valence-electron chi connectivity index (χ4n) is 2.35. The molecule has 0 aliphatic heterocycles. The Bertz CT molecular complexity index is 361. The summed E-state index contributed by atoms with van der Waals surface area (Å²) in [7, 11) is 0. The van der Waals surface area contributed by atoms with Crippen LogP contribution in [0.1, 0.15) is 23.6 Å². The van der Waals surface area contributed by atoms with Gasteiger partial charge in [0.25, 0.3) is 0 Å². The van der Waals surface area contributed by atoms with Crippen molar-refractivity contribution in [3.63, 3.8) is 0 Å². The number of benzene rings is 1. The molecule has 2 unspecified atom stereocenters. The van der Waals surface area contributed by atoms with E-state index in [4.69, 9.17) is 5.73 Å². The molecule has 0 heterocycles. The molecule has 2 nitrogen and oxygen atoms in total. The SMILES string of the molecule is Cc1ccc2c(c1)C(O)(CN)C(C)C2. The zero-order valence-electron chi connectivity index (χ0n) is 8.75. The summed E-state index contributed by atoms with van der Waals surface area (Å²) in [6.07, 6.45) is 0.934. The van der Waals surface area contributed by atoms with Crippen LogP contribution in [-0.4, -0.2) is 11.7 Å². The average molecular weight is 191 g/mol. The predicted octanol–water partition coefficient (Wildman–Crippen LogP) is 1.33. The Morgan fingerprint density at radius 1 is 1.57 bits per heavy atom. The van der Waals surface area contributed by atoms with Gasteiger partial charge in [0.2, 0.25) is 0 Å². The van der Waals surface area contributed by atoms with Crippen LogP contribution in [0.2, 0.25) is 0 Å². The smallest absolute Gasteiger partial charge is 0.105 e. The Kier molecular flexibility index (Phi) is 2.13. The largest absolute Gasteiger partial charge is 0.384 e. The average Bonchev–Trinajstić information content (AvgIpc) is 2.41. The van der Waals surface area contributed by atoms with E-state index in [-0.39, 0.29) is 5.92 Å². The van der Waals surface area contributed by atoms with Gasteiger partial charge < -0.3 is 10.8 Å². The second-order valence-corrected chi connectivity index (χ2v) is 4.39. The van der Waals surface area contributed by atoms with Crippen LogP contribution in [0, 0.1) is 12.8 Å². The summed E-state index contributed by atoms with van der Waals surface area (Å²) in [5.74, 6) is 0.226. The molecule has 2 rings (SSSR count). The van der Waals surface area contributed by atoms with Gasteiger partial charge in [0.15, 0.2) is 0 Å². The van der Waals surface area contributed by atoms with Crippen molar-refractivity contribution in [3.8, 4) is 0 Å². The summed E-state index contributed by atoms with van der Waals surface area (Å²) in [5.41, 5.74) is 8.34. The minimum Gasteiger partial charge on any atom is -0.384 e. The van der Waals surface area contributed by atoms with Gasteiger partial charge in [0.05, 0.1) is 0 Å². The van der Waals surface area contributed by atoms with Crippen molar-refractivity contribution in [1.82, 2.24) is 0 Å². The number of aryl methyl sites for hydroxylation is 1. The van der Waals surface area contributed by atoms with E-state index in [1.807, 2.05) is 6.92 Å². The molecule has 0 saturated heterocycles. The second kappa shape index (κ2) is 3.07. The summed E-state index contributed by atoms with van der Waals surface area (Å²) in [4.78, 5) is 0. The highest BCUT2D eigenvalue weighted by Crippen LogP contribution is 2.40. The minimum atomic E-state index is -0.804. The molecule has 0 fully saturated rings. The molecule has 0 amide bonds. The van der Waals surface area contributed by atoms with Crippen molar-refractivity contribution in [2.45, 2.75) is 25.9 Å². The quantitative estimate of drug-likeness (QED) is 0.703. The second-order valence-electron chi connectivity index (χ2n) is 4.39. The minimum absolute atomic E-state index is 0.226. The zero-order valence-corrected chi connectivity index (χ0v) is 8.75. The summed E-state index contributed by atoms with van der Waals surface area (Å²) < 4.78 is 0. The van der Waals surface area contributed by atoms with Gasteiger partial charge >= 0.3 is 0 Å². The number of hydrogen-bond donors (Lipinski definition) is 2. The number of aliphatic hydroxyl groups is 1. The first-order valence-corrected chi connectivity index (χ1v) is 5.10. The summed E-state index contributed by atoms with van der Waals surface area (Å²) in [6, 6.07) is 6.26. The Balaban J connectivity index is 2.55. The van der Waals surface area contributed by atoms with Crippen LogP contribution in [0.15, 0.2) is 18.2 Å². The van der Waals surface area contributed by atoms with E-state index >= 15 is 0 Å². The van der Waals surface area contributed by atoms with E-state index in [0.29, 0.717) is 6.54 Å². The first-order valence-electron chi connectivity index (χ1n) is 5.10. The highest BCUT2D eigenvalue weighted by Gasteiger charge is 2.41. The van der Waals surface area contributed by atoms with Crippen molar-refractivity contribution >= 4 is 0 Å². The van der Waals surface area contributed by atoms with E-state index in [0.717, 1.165) is 12.0 Å². The van der Waals surface area contributed by atoms with Gasteiger partial charge in [-0.25, -0.2) is 0 Å². The first kappa shape index (κ1) is 9.69. The van der Waals surface area contributed by atoms with Gasteiger partial charge in [0, 0.05) is 6.54 Å². The lowest BCUT2D eigenvalue weighted by Gasteiger charge is -2.27. The molecular formula is C12H17NO. The first-order chi connectivity index (χ1) is 6.58. The molecule has 14 heavy (non-hydrogen) atoms. The molecule has 1 aromatic rings. The van der Waals surface area contributed by atoms with Gasteiger partial charge in [-0.2, -0.15) is 0 Å². The monoisotopic (exact) mass is 191 g/mol. The van der Waals surface area contributed by atoms with Crippen molar-refractivity contribution in [1.29, 1.82) is 0 Å². The van der Waals surface area contributed by atoms with Crippen LogP contribution in [0.5, 0.6) is 0 Å². The number of hydrogen-bond acceptors (Lipinski definition) is 2. The van der Waals surface area contributed by atoms with Crippen LogP contribution in [-0.2, 0) is 12.0 Å². The van der Waals surface area contributed by atoms with Crippen LogP contribution in [0.4, 0.5) is 0 Å². The van der Waals surface area contributed by atoms with Crippen molar-refractivity contribution in [2.75, 3.05) is 6.54 Å². The highest BCUT2D eigenvalue weighted by molar-refractivity contribution is 5.41. The molecule has 0 bridgehead atoms. The molecule has 0 saturated carbocycles. The van der Waals surface area contributed by atoms with Crippen molar-refractivity contribution in [3.05, 3.63) is 34.9 Å². The standard InChI is InChI=1S/C12H17NO/c1-8-3-4-10-6-9(2)12(14,7-13)11(10)5-8/h3-5,9,14H,6-7,13H2,1-2H3. The maximum Gasteiger partial charge on any atom is 0.105 e. The maximum absolute atomic E-state index is 10.4. The molecule has 76 valence electrons. The Hall–Kier alpha value is -0.860. The lowest BCUT2D eigenvalue weighted by Crippen LogP contribution is -2.38. The summed E-state index contributed by atoms with van der Waals surface area (Å²) in [6.45, 7) is 4.41. The van der Waals surface area contributed by atoms with Crippen LogP contribution in [0.3, 0.4) is 0 Å². The maximum atomic E-state index is 10.4. The predicted molar refractivity (Wildman–Crippen MR) is 57.0 cm³/mol. The fraction of sp³-hybridized carbons (Fsp3) is 0.500. The third-order valence-electron chi connectivity index (χ3n) is 3.38. The fourth-order valence-corrected chi connectivity index (χ4v) is 2.35. The van der Waals surface area contributed by atoms with E-state index in [2.05, 4.69) is 25.1 Å². The summed E-state index contributed by atoms with van der Waals surface area (Å²) in [5, 5.41) is 10.4. The summed E-state index contributed by atoms with van der Waals surface area (Å²) >= 11 is 0. The third kappa shape index (κ3) is 1.18. The third-order valence-corrected chi connectivity index (χ3v) is 3.38. The van der Waals surface area contributed by atoms with Gasteiger partial charge in [0.1, 0.15) is 5.60 Å². The molecule has 1 aliphatic carbocycles. The molecule has 2 heteroatoms. The van der Waals surface area contributed by atoms with Crippen LogP contribution in [0.25, 0.3) is 0 Å². The normalized spacial score (nSPS) is 30.4. The zero-order chi connectivity index (χ0) is 10.3. The van der Waals surface area contributed by atoms with Gasteiger partial charge in [-0.3, -0.25) is 0 Å². The lowest BCUT2D eigenvalue weighted by atomic mass is 9.88. The lowest BCUT2D eigenvalue weighted by molar-refractivity contribution is 0.00494. The molecule has 1 aromatic carbocycles. The van der Waals surface area contributed by atoms with Gasteiger partial charge in [-0.15, -0.1) is 0 Å². The van der Waals surface area contributed by atoms with Crippen LogP contribution < -0.4 is 5.73 Å². The van der Waals surface area contributed by atoms with Crippen molar-refractivity contribution < 1.29 is 5.11 Å². The molecule has 0 spiro atoms. The molecule has 0 aromatic heterocycles. The van der Waals surface area contributed by atoms with Crippen molar-refractivity contribution in [2.24, 2.45) is 11.7 Å². The van der Waals surface area contributed by atoms with E-state index in [9.17, 15) is 5.11 Å². The molecule has 1 aliphatic rings. The number of fused-ring (bicyclic) bond motifs is 1. The molecular weight excluding hydrogens is 174 g/mol. The van der Waals surface area contributed by atoms with E-state index in [1.165, 1.54) is 11.1 Å². The molecule has 0 radical (unpaired) electrons. The Labute approximate surface area is 84.7 Å². The van der Waals surface area contributed by atoms with Crippen LogP contribution >= 0.6 is 0 Å². The topological polar surface area (TPSA) is 46.2 Å². The Morgan fingerprint density at radius 2 is 2.29 bits per heavy atom.